The Morgan fingerprint density at radius 1 is 1.40 bits per heavy atom. The monoisotopic (exact) mass is 434 g/mol. The molecule has 0 unspecified atom stereocenters. The van der Waals surface area contributed by atoms with Crippen molar-refractivity contribution in [2.24, 2.45) is 5.10 Å². The molecule has 0 spiro atoms. The number of carbonyl (C=O) groups excluding carboxylic acids is 2. The number of aliphatic hydroxyl groups is 1. The lowest BCUT2D eigenvalue weighted by atomic mass is 9.99. The molecule has 0 saturated carbocycles. The fourth-order valence-electron chi connectivity index (χ4n) is 3.69. The number of hydrogen-bond acceptors (Lipinski definition) is 5. The summed E-state index contributed by atoms with van der Waals surface area (Å²) in [6, 6.07) is 3.38. The van der Waals surface area contributed by atoms with Gasteiger partial charge >= 0.3 is 6.03 Å². The smallest absolute Gasteiger partial charge is 0.322 e. The maximum atomic E-state index is 13.4. The van der Waals surface area contributed by atoms with Gasteiger partial charge in [0.05, 0.1) is 36.1 Å². The van der Waals surface area contributed by atoms with Crippen molar-refractivity contribution < 1.29 is 19.1 Å². The summed E-state index contributed by atoms with van der Waals surface area (Å²) < 4.78 is 14.9. The second-order valence-corrected chi connectivity index (χ2v) is 7.73. The SMILES string of the molecule is C[C@@H]1Cc2nn3c(c2CN1C(=O)Nc1ccc(F)c(Cl)c1)C(=O)N(C)N=C(CO)C3. The van der Waals surface area contributed by atoms with E-state index in [0.29, 0.717) is 29.1 Å². The minimum Gasteiger partial charge on any atom is -0.390 e. The molecule has 30 heavy (non-hydrogen) atoms. The Morgan fingerprint density at radius 2 is 2.17 bits per heavy atom. The number of hydrazone groups is 1. The van der Waals surface area contributed by atoms with E-state index in [1.807, 2.05) is 6.92 Å². The lowest BCUT2D eigenvalue weighted by molar-refractivity contribution is 0.0789. The van der Waals surface area contributed by atoms with E-state index in [1.165, 1.54) is 30.3 Å². The van der Waals surface area contributed by atoms with Crippen LogP contribution >= 0.6 is 11.6 Å². The highest BCUT2D eigenvalue weighted by molar-refractivity contribution is 6.31. The molecule has 1 aromatic heterocycles. The third-order valence-electron chi connectivity index (χ3n) is 5.22. The van der Waals surface area contributed by atoms with Crippen LogP contribution in [0.4, 0.5) is 14.9 Å². The maximum absolute atomic E-state index is 13.4. The van der Waals surface area contributed by atoms with Crippen LogP contribution in [0.2, 0.25) is 5.02 Å². The van der Waals surface area contributed by atoms with Crippen LogP contribution in [0, 0.1) is 5.82 Å². The standard InChI is InChI=1S/C19H20ClFN6O3/c1-10-5-16-13(17-18(29)25(2)23-12(9-28)7-27(17)24-16)8-26(10)19(30)22-11-3-4-15(21)14(20)6-11/h3-4,6,10,28H,5,7-9H2,1-2H3,(H,22,30)/t10-/m1/s1. The van der Waals surface area contributed by atoms with Gasteiger partial charge in [-0.2, -0.15) is 10.2 Å². The number of carbonyl (C=O) groups is 2. The number of hydrogen-bond donors (Lipinski definition) is 2. The van der Waals surface area contributed by atoms with Gasteiger partial charge in [0.1, 0.15) is 11.5 Å². The summed E-state index contributed by atoms with van der Waals surface area (Å²) in [5, 5.41) is 21.9. The van der Waals surface area contributed by atoms with Gasteiger partial charge in [0, 0.05) is 30.8 Å². The van der Waals surface area contributed by atoms with Crippen molar-refractivity contribution in [3.63, 3.8) is 0 Å². The number of urea groups is 1. The molecule has 0 bridgehead atoms. The van der Waals surface area contributed by atoms with Crippen molar-refractivity contribution in [1.82, 2.24) is 19.7 Å². The first-order valence-electron chi connectivity index (χ1n) is 9.35. The first kappa shape index (κ1) is 20.3. The van der Waals surface area contributed by atoms with Crippen LogP contribution in [-0.2, 0) is 19.5 Å². The van der Waals surface area contributed by atoms with Crippen LogP contribution in [0.15, 0.2) is 23.3 Å². The minimum absolute atomic E-state index is 0.0861. The van der Waals surface area contributed by atoms with E-state index in [-0.39, 0.29) is 36.7 Å². The van der Waals surface area contributed by atoms with Gasteiger partial charge in [-0.1, -0.05) is 11.6 Å². The van der Waals surface area contributed by atoms with Crippen LogP contribution in [0.5, 0.6) is 0 Å². The van der Waals surface area contributed by atoms with Gasteiger partial charge in [-0.25, -0.2) is 14.2 Å². The molecule has 2 aromatic rings. The van der Waals surface area contributed by atoms with E-state index >= 15 is 0 Å². The van der Waals surface area contributed by atoms with Crippen LogP contribution in [0.25, 0.3) is 0 Å². The number of fused-ring (bicyclic) bond motifs is 3. The lowest BCUT2D eigenvalue weighted by Gasteiger charge is -2.33. The highest BCUT2D eigenvalue weighted by atomic mass is 35.5. The molecular weight excluding hydrogens is 415 g/mol. The van der Waals surface area contributed by atoms with Gasteiger partial charge in [-0.15, -0.1) is 0 Å². The second kappa shape index (κ2) is 7.69. The molecule has 4 rings (SSSR count). The Kier molecular flexibility index (Phi) is 5.20. The summed E-state index contributed by atoms with van der Waals surface area (Å²) in [5.74, 6) is -0.923. The second-order valence-electron chi connectivity index (χ2n) is 7.32. The summed E-state index contributed by atoms with van der Waals surface area (Å²) in [5.41, 5.74) is 2.54. The van der Waals surface area contributed by atoms with Crippen LogP contribution < -0.4 is 5.32 Å². The van der Waals surface area contributed by atoms with Gasteiger partial charge in [0.15, 0.2) is 0 Å². The summed E-state index contributed by atoms with van der Waals surface area (Å²) in [6.45, 7) is 1.98. The third kappa shape index (κ3) is 3.52. The Bertz CT molecular complexity index is 1070. The van der Waals surface area contributed by atoms with Crippen molar-refractivity contribution >= 4 is 34.9 Å². The zero-order valence-corrected chi connectivity index (χ0v) is 17.1. The van der Waals surface area contributed by atoms with E-state index in [4.69, 9.17) is 11.6 Å². The van der Waals surface area contributed by atoms with Crippen LogP contribution in [0.3, 0.4) is 0 Å². The number of benzene rings is 1. The molecule has 1 atom stereocenters. The number of nitrogens with zero attached hydrogens (tertiary/aromatic N) is 5. The Balaban J connectivity index is 1.62. The average Bonchev–Trinajstić information content (AvgIpc) is 2.99. The number of rotatable bonds is 2. The van der Waals surface area contributed by atoms with Crippen molar-refractivity contribution in [3.05, 3.63) is 46.0 Å². The van der Waals surface area contributed by atoms with Crippen molar-refractivity contribution in [2.45, 2.75) is 32.5 Å². The molecule has 2 aliphatic heterocycles. The minimum atomic E-state index is -0.569. The highest BCUT2D eigenvalue weighted by Crippen LogP contribution is 2.29. The predicted octanol–water partition coefficient (Wildman–Crippen LogP) is 2.09. The lowest BCUT2D eigenvalue weighted by Crippen LogP contribution is -2.45. The molecule has 2 aliphatic rings. The number of anilines is 1. The third-order valence-corrected chi connectivity index (χ3v) is 5.51. The van der Waals surface area contributed by atoms with Crippen LogP contribution in [-0.4, -0.2) is 62.1 Å². The number of amides is 3. The molecule has 9 nitrogen and oxygen atoms in total. The summed E-state index contributed by atoms with van der Waals surface area (Å²) in [7, 11) is 1.52. The van der Waals surface area contributed by atoms with E-state index in [9.17, 15) is 19.1 Å². The molecule has 11 heteroatoms. The topological polar surface area (TPSA) is 103 Å². The van der Waals surface area contributed by atoms with Gasteiger partial charge in [0.25, 0.3) is 5.91 Å². The zero-order valence-electron chi connectivity index (χ0n) is 16.4. The Hall–Kier alpha value is -2.98. The Labute approximate surface area is 176 Å². The molecule has 0 aliphatic carbocycles. The number of aliphatic hydroxyl groups excluding tert-OH is 1. The largest absolute Gasteiger partial charge is 0.390 e. The molecule has 3 heterocycles. The maximum Gasteiger partial charge on any atom is 0.322 e. The molecule has 158 valence electrons. The zero-order chi connectivity index (χ0) is 21.6. The normalized spacial score (nSPS) is 18.5. The van der Waals surface area contributed by atoms with Crippen LogP contribution in [0.1, 0.15) is 28.7 Å². The van der Waals surface area contributed by atoms with E-state index in [0.717, 1.165) is 5.69 Å². The first-order valence-corrected chi connectivity index (χ1v) is 9.72. The number of nitrogens with one attached hydrogen (secondary N) is 1. The Morgan fingerprint density at radius 3 is 2.87 bits per heavy atom. The fourth-order valence-corrected chi connectivity index (χ4v) is 3.87. The first-order chi connectivity index (χ1) is 14.3. The van der Waals surface area contributed by atoms with E-state index in [1.54, 1.807) is 9.58 Å². The van der Waals surface area contributed by atoms with Crippen molar-refractivity contribution in [3.8, 4) is 0 Å². The fraction of sp³-hybridized carbons (Fsp3) is 0.368. The molecular formula is C19H20ClFN6O3. The average molecular weight is 435 g/mol. The predicted molar refractivity (Wildman–Crippen MR) is 108 cm³/mol. The van der Waals surface area contributed by atoms with Gasteiger partial charge in [-0.05, 0) is 25.1 Å². The highest BCUT2D eigenvalue weighted by Gasteiger charge is 2.36. The number of halogens is 2. The summed E-state index contributed by atoms with van der Waals surface area (Å²) in [6.07, 6.45) is 0.468. The molecule has 0 radical (unpaired) electrons. The van der Waals surface area contributed by atoms with E-state index < -0.39 is 11.8 Å². The molecule has 3 amide bonds. The molecule has 2 N–H and O–H groups in total. The quantitative estimate of drug-likeness (QED) is 0.755. The van der Waals surface area contributed by atoms with Gasteiger partial charge in [0.2, 0.25) is 0 Å². The van der Waals surface area contributed by atoms with Crippen molar-refractivity contribution in [1.29, 1.82) is 0 Å². The number of aromatic nitrogens is 2. The van der Waals surface area contributed by atoms with Gasteiger partial charge in [-0.3, -0.25) is 9.48 Å². The molecule has 1 aromatic carbocycles. The molecule has 0 saturated heterocycles. The molecule has 0 fully saturated rings. The van der Waals surface area contributed by atoms with Crippen molar-refractivity contribution in [2.75, 3.05) is 19.0 Å². The summed E-state index contributed by atoms with van der Waals surface area (Å²) in [4.78, 5) is 27.3. The van der Waals surface area contributed by atoms with E-state index in [2.05, 4.69) is 15.5 Å². The summed E-state index contributed by atoms with van der Waals surface area (Å²) >= 11 is 5.79. The van der Waals surface area contributed by atoms with Gasteiger partial charge < -0.3 is 15.3 Å².